The van der Waals surface area contributed by atoms with Gasteiger partial charge >= 0.3 is 0 Å². The third kappa shape index (κ3) is 4.38. The van der Waals surface area contributed by atoms with E-state index >= 15 is 0 Å². The highest BCUT2D eigenvalue weighted by Gasteiger charge is 2.14. The Morgan fingerprint density at radius 1 is 1.00 bits per heavy atom. The summed E-state index contributed by atoms with van der Waals surface area (Å²) in [6.45, 7) is 1.74. The molecule has 0 spiro atoms. The van der Waals surface area contributed by atoms with Crippen molar-refractivity contribution in [3.8, 4) is 5.75 Å². The lowest BCUT2D eigenvalue weighted by molar-refractivity contribution is -0.122. The zero-order valence-electron chi connectivity index (χ0n) is 15.5. The average Bonchev–Trinajstić information content (AvgIpc) is 3.12. The van der Waals surface area contributed by atoms with Gasteiger partial charge in [0.05, 0.1) is 15.2 Å². The lowest BCUT2D eigenvalue weighted by Gasteiger charge is -2.14. The molecule has 28 heavy (non-hydrogen) atoms. The van der Waals surface area contributed by atoms with E-state index in [9.17, 15) is 4.79 Å². The highest BCUT2D eigenvalue weighted by molar-refractivity contribution is 7.18. The van der Waals surface area contributed by atoms with E-state index < -0.39 is 6.10 Å². The maximum atomic E-state index is 12.3. The molecule has 1 N–H and O–H groups in total. The zero-order valence-corrected chi connectivity index (χ0v) is 16.3. The van der Waals surface area contributed by atoms with Gasteiger partial charge in [0.1, 0.15) is 5.75 Å². The maximum Gasteiger partial charge on any atom is 0.265 e. The van der Waals surface area contributed by atoms with Crippen LogP contribution in [-0.2, 0) is 11.2 Å². The van der Waals surface area contributed by atoms with Crippen molar-refractivity contribution in [2.24, 2.45) is 0 Å². The van der Waals surface area contributed by atoms with Crippen molar-refractivity contribution < 1.29 is 9.53 Å². The molecule has 140 valence electrons. The van der Waals surface area contributed by atoms with Crippen molar-refractivity contribution in [3.05, 3.63) is 89.4 Å². The van der Waals surface area contributed by atoms with E-state index in [0.717, 1.165) is 28.2 Å². The molecule has 1 unspecified atom stereocenters. The van der Waals surface area contributed by atoms with Gasteiger partial charge in [0, 0.05) is 12.1 Å². The Labute approximate surface area is 167 Å². The molecule has 4 aromatic rings. The molecule has 4 nitrogen and oxygen atoms in total. The van der Waals surface area contributed by atoms with Crippen LogP contribution >= 0.6 is 11.3 Å². The van der Waals surface area contributed by atoms with Gasteiger partial charge in [-0.25, -0.2) is 4.98 Å². The highest BCUT2D eigenvalue weighted by atomic mass is 32.1. The van der Waals surface area contributed by atoms with E-state index in [1.807, 2.05) is 72.8 Å². The van der Waals surface area contributed by atoms with Crippen molar-refractivity contribution >= 4 is 33.1 Å². The van der Waals surface area contributed by atoms with Crippen LogP contribution in [0, 0.1) is 0 Å². The summed E-state index contributed by atoms with van der Waals surface area (Å²) >= 11 is 1.71. The van der Waals surface area contributed by atoms with Crippen molar-refractivity contribution in [2.75, 3.05) is 5.32 Å². The van der Waals surface area contributed by atoms with Crippen LogP contribution < -0.4 is 10.1 Å². The molecule has 0 bridgehead atoms. The van der Waals surface area contributed by atoms with Crippen molar-refractivity contribution in [1.82, 2.24) is 4.98 Å². The third-order valence-corrected chi connectivity index (χ3v) is 5.38. The lowest BCUT2D eigenvalue weighted by Crippen LogP contribution is -2.30. The van der Waals surface area contributed by atoms with E-state index in [1.165, 1.54) is 4.70 Å². The average molecular weight is 388 g/mol. The van der Waals surface area contributed by atoms with E-state index in [0.29, 0.717) is 5.75 Å². The fourth-order valence-electron chi connectivity index (χ4n) is 2.88. The van der Waals surface area contributed by atoms with Gasteiger partial charge in [0.2, 0.25) is 0 Å². The second kappa shape index (κ2) is 8.23. The van der Waals surface area contributed by atoms with Crippen LogP contribution in [-0.4, -0.2) is 17.0 Å². The number of carbonyl (C=O) groups is 1. The molecular weight excluding hydrogens is 368 g/mol. The van der Waals surface area contributed by atoms with Gasteiger partial charge in [-0.3, -0.25) is 4.79 Å². The summed E-state index contributed by atoms with van der Waals surface area (Å²) in [4.78, 5) is 17.0. The van der Waals surface area contributed by atoms with E-state index in [2.05, 4.69) is 16.4 Å². The van der Waals surface area contributed by atoms with Gasteiger partial charge in [-0.05, 0) is 48.9 Å². The number of para-hydroxylation sites is 2. The van der Waals surface area contributed by atoms with Gasteiger partial charge in [-0.15, -0.1) is 11.3 Å². The standard InChI is InChI=1S/C23H20N2O2S/c1-16(27-19-7-3-2-4-8-19)23(26)24-18-13-11-17(12-14-18)15-22-25-20-9-5-6-10-21(20)28-22/h2-14,16H,15H2,1H3,(H,24,26). The molecule has 1 heterocycles. The number of anilines is 1. The Hall–Kier alpha value is -3.18. The predicted molar refractivity (Wildman–Crippen MR) is 114 cm³/mol. The first kappa shape index (κ1) is 18.2. The summed E-state index contributed by atoms with van der Waals surface area (Å²) in [7, 11) is 0. The van der Waals surface area contributed by atoms with E-state index in [4.69, 9.17) is 4.74 Å². The fraction of sp³-hybridized carbons (Fsp3) is 0.130. The van der Waals surface area contributed by atoms with E-state index in [-0.39, 0.29) is 5.91 Å². The summed E-state index contributed by atoms with van der Waals surface area (Å²) in [6, 6.07) is 25.4. The highest BCUT2D eigenvalue weighted by Crippen LogP contribution is 2.24. The molecule has 0 aliphatic carbocycles. The molecule has 0 saturated heterocycles. The fourth-order valence-corrected chi connectivity index (χ4v) is 3.88. The number of hydrogen-bond donors (Lipinski definition) is 1. The summed E-state index contributed by atoms with van der Waals surface area (Å²) in [5.41, 5.74) is 2.95. The molecule has 5 heteroatoms. The van der Waals surface area contributed by atoms with Crippen LogP contribution in [0.3, 0.4) is 0 Å². The molecule has 1 amide bonds. The smallest absolute Gasteiger partial charge is 0.265 e. The summed E-state index contributed by atoms with van der Waals surface area (Å²) in [5, 5.41) is 3.98. The predicted octanol–water partition coefficient (Wildman–Crippen LogP) is 5.29. The SMILES string of the molecule is CC(Oc1ccccc1)C(=O)Nc1ccc(Cc2nc3ccccc3s2)cc1. The Morgan fingerprint density at radius 3 is 2.46 bits per heavy atom. The van der Waals surface area contributed by atoms with Crippen molar-refractivity contribution in [1.29, 1.82) is 0 Å². The summed E-state index contributed by atoms with van der Waals surface area (Å²) in [5.74, 6) is 0.499. The number of amides is 1. The number of nitrogens with one attached hydrogen (secondary N) is 1. The zero-order chi connectivity index (χ0) is 19.3. The van der Waals surface area contributed by atoms with Crippen LogP contribution in [0.4, 0.5) is 5.69 Å². The number of carbonyl (C=O) groups excluding carboxylic acids is 1. The van der Waals surface area contributed by atoms with Crippen LogP contribution in [0.1, 0.15) is 17.5 Å². The minimum absolute atomic E-state index is 0.178. The molecular formula is C23H20N2O2S. The number of nitrogens with zero attached hydrogens (tertiary/aromatic N) is 1. The van der Waals surface area contributed by atoms with Crippen molar-refractivity contribution in [2.45, 2.75) is 19.4 Å². The number of benzene rings is 3. The molecule has 1 atom stereocenters. The molecule has 3 aromatic carbocycles. The van der Waals surface area contributed by atoms with Crippen molar-refractivity contribution in [3.63, 3.8) is 0 Å². The summed E-state index contributed by atoms with van der Waals surface area (Å²) < 4.78 is 6.86. The first-order valence-electron chi connectivity index (χ1n) is 9.13. The Kier molecular flexibility index (Phi) is 5.35. The van der Waals surface area contributed by atoms with Crippen LogP contribution in [0.2, 0.25) is 0 Å². The number of rotatable bonds is 6. The number of hydrogen-bond acceptors (Lipinski definition) is 4. The Morgan fingerprint density at radius 2 is 1.71 bits per heavy atom. The number of ether oxygens (including phenoxy) is 1. The normalized spacial score (nSPS) is 11.9. The maximum absolute atomic E-state index is 12.3. The second-order valence-corrected chi connectivity index (χ2v) is 7.63. The molecule has 0 saturated carbocycles. The minimum atomic E-state index is -0.579. The largest absolute Gasteiger partial charge is 0.481 e. The van der Waals surface area contributed by atoms with Crippen LogP contribution in [0.25, 0.3) is 10.2 Å². The van der Waals surface area contributed by atoms with Gasteiger partial charge in [0.15, 0.2) is 6.10 Å². The monoisotopic (exact) mass is 388 g/mol. The molecule has 4 rings (SSSR count). The third-order valence-electron chi connectivity index (χ3n) is 4.34. The molecule has 0 aliphatic rings. The van der Waals surface area contributed by atoms with Crippen LogP contribution in [0.5, 0.6) is 5.75 Å². The van der Waals surface area contributed by atoms with E-state index in [1.54, 1.807) is 18.3 Å². The van der Waals surface area contributed by atoms with Gasteiger partial charge in [-0.2, -0.15) is 0 Å². The Balaban J connectivity index is 1.36. The minimum Gasteiger partial charge on any atom is -0.481 e. The first-order chi connectivity index (χ1) is 13.7. The molecule has 0 radical (unpaired) electrons. The van der Waals surface area contributed by atoms with Gasteiger partial charge in [-0.1, -0.05) is 42.5 Å². The van der Waals surface area contributed by atoms with Gasteiger partial charge < -0.3 is 10.1 Å². The van der Waals surface area contributed by atoms with Crippen LogP contribution in [0.15, 0.2) is 78.9 Å². The second-order valence-electron chi connectivity index (χ2n) is 6.51. The first-order valence-corrected chi connectivity index (χ1v) is 9.95. The lowest BCUT2D eigenvalue weighted by atomic mass is 10.1. The number of aromatic nitrogens is 1. The number of thiazole rings is 1. The summed E-state index contributed by atoms with van der Waals surface area (Å²) in [6.07, 6.45) is 0.200. The Bertz CT molecular complexity index is 1040. The van der Waals surface area contributed by atoms with Gasteiger partial charge in [0.25, 0.3) is 5.91 Å². The molecule has 0 aliphatic heterocycles. The molecule has 1 aromatic heterocycles. The number of fused-ring (bicyclic) bond motifs is 1. The topological polar surface area (TPSA) is 51.2 Å². The quantitative estimate of drug-likeness (QED) is 0.488. The molecule has 0 fully saturated rings.